The summed E-state index contributed by atoms with van der Waals surface area (Å²) in [6, 6.07) is 11.8. The van der Waals surface area contributed by atoms with Crippen molar-refractivity contribution in [3.05, 3.63) is 51.7 Å². The first-order valence-corrected chi connectivity index (χ1v) is 12.1. The Morgan fingerprint density at radius 3 is 2.43 bits per heavy atom. The van der Waals surface area contributed by atoms with E-state index in [1.54, 1.807) is 43.4 Å². The first-order chi connectivity index (χ1) is 14.3. The maximum atomic E-state index is 12.7. The van der Waals surface area contributed by atoms with Crippen LogP contribution in [-0.4, -0.2) is 56.2 Å². The smallest absolute Gasteiger partial charge is 0.309 e. The van der Waals surface area contributed by atoms with E-state index in [1.807, 2.05) is 6.07 Å². The van der Waals surface area contributed by atoms with Gasteiger partial charge in [0.25, 0.3) is 5.91 Å². The molecule has 0 N–H and O–H groups in total. The van der Waals surface area contributed by atoms with Gasteiger partial charge in [-0.05, 0) is 37.1 Å². The van der Waals surface area contributed by atoms with E-state index in [1.165, 1.54) is 20.5 Å². The summed E-state index contributed by atoms with van der Waals surface area (Å²) in [5, 5.41) is 0. The number of hydrogen-bond donors (Lipinski definition) is 0. The van der Waals surface area contributed by atoms with E-state index in [4.69, 9.17) is 16.3 Å². The molecule has 0 unspecified atom stereocenters. The molecule has 10 heteroatoms. The van der Waals surface area contributed by atoms with Gasteiger partial charge in [0.1, 0.15) is 0 Å². The van der Waals surface area contributed by atoms with Crippen molar-refractivity contribution >= 4 is 44.8 Å². The van der Waals surface area contributed by atoms with Crippen LogP contribution in [0.4, 0.5) is 0 Å². The molecule has 0 saturated carbocycles. The maximum absolute atomic E-state index is 12.7. The number of amides is 1. The predicted molar refractivity (Wildman–Crippen MR) is 115 cm³/mol. The van der Waals surface area contributed by atoms with E-state index < -0.39 is 21.9 Å². The molecular weight excluding hydrogens is 448 g/mol. The Morgan fingerprint density at radius 2 is 1.83 bits per heavy atom. The highest BCUT2D eigenvalue weighted by molar-refractivity contribution is 7.89. The average Bonchev–Trinajstić information content (AvgIpc) is 3.16. The normalized spacial score (nSPS) is 15.7. The first-order valence-electron chi connectivity index (χ1n) is 9.47. The number of sulfonamides is 1. The number of likely N-dealkylation sites (N-methyl/N-ethyl adjacent to an activating group) is 1. The van der Waals surface area contributed by atoms with Crippen LogP contribution in [0.3, 0.4) is 0 Å². The second kappa shape index (κ2) is 9.91. The van der Waals surface area contributed by atoms with E-state index >= 15 is 0 Å². The molecule has 7 nitrogen and oxygen atoms in total. The lowest BCUT2D eigenvalue weighted by Gasteiger charge is -2.30. The molecule has 30 heavy (non-hydrogen) atoms. The predicted octanol–water partition coefficient (Wildman–Crippen LogP) is 3.00. The van der Waals surface area contributed by atoms with Crippen LogP contribution in [0.2, 0.25) is 4.34 Å². The Morgan fingerprint density at radius 1 is 1.17 bits per heavy atom. The van der Waals surface area contributed by atoms with Crippen molar-refractivity contribution in [3.8, 4) is 0 Å². The highest BCUT2D eigenvalue weighted by atomic mass is 35.5. The summed E-state index contributed by atoms with van der Waals surface area (Å²) in [5.74, 6) is -1.19. The minimum Gasteiger partial charge on any atom is -0.455 e. The van der Waals surface area contributed by atoms with Crippen molar-refractivity contribution < 1.29 is 22.7 Å². The number of nitrogens with zero attached hydrogens (tertiary/aromatic N) is 2. The molecule has 2 aromatic rings. The molecule has 0 aliphatic carbocycles. The largest absolute Gasteiger partial charge is 0.455 e. The number of piperidine rings is 1. The van der Waals surface area contributed by atoms with Crippen LogP contribution in [0.5, 0.6) is 0 Å². The van der Waals surface area contributed by atoms with Crippen molar-refractivity contribution in [2.75, 3.05) is 26.7 Å². The third kappa shape index (κ3) is 5.60. The quantitative estimate of drug-likeness (QED) is 0.581. The maximum Gasteiger partial charge on any atom is 0.309 e. The summed E-state index contributed by atoms with van der Waals surface area (Å²) < 4.78 is 32.5. The monoisotopic (exact) mass is 470 g/mol. The molecule has 0 bridgehead atoms. The first kappa shape index (κ1) is 22.7. The molecule has 1 aliphatic rings. The molecule has 1 saturated heterocycles. The number of rotatable bonds is 7. The zero-order valence-electron chi connectivity index (χ0n) is 16.5. The van der Waals surface area contributed by atoms with Crippen molar-refractivity contribution in [2.45, 2.75) is 24.3 Å². The van der Waals surface area contributed by atoms with E-state index in [0.29, 0.717) is 23.7 Å². The minimum atomic E-state index is -3.56. The van der Waals surface area contributed by atoms with E-state index in [-0.39, 0.29) is 30.5 Å². The van der Waals surface area contributed by atoms with Crippen LogP contribution in [0, 0.1) is 5.92 Å². The van der Waals surface area contributed by atoms with Crippen molar-refractivity contribution in [1.29, 1.82) is 0 Å². The molecule has 1 fully saturated rings. The van der Waals surface area contributed by atoms with Crippen molar-refractivity contribution in [3.63, 3.8) is 0 Å². The summed E-state index contributed by atoms with van der Waals surface area (Å²) in [6.45, 7) is 0.536. The second-order valence-corrected chi connectivity index (χ2v) is 10.8. The second-order valence-electron chi connectivity index (χ2n) is 7.05. The van der Waals surface area contributed by atoms with Crippen molar-refractivity contribution in [1.82, 2.24) is 9.21 Å². The zero-order valence-corrected chi connectivity index (χ0v) is 18.9. The molecule has 2 heterocycles. The molecule has 3 rings (SSSR count). The van der Waals surface area contributed by atoms with E-state index in [9.17, 15) is 18.0 Å². The lowest BCUT2D eigenvalue weighted by atomic mass is 9.98. The van der Waals surface area contributed by atoms with E-state index in [0.717, 1.165) is 4.88 Å². The Bertz CT molecular complexity index is 986. The van der Waals surface area contributed by atoms with Crippen LogP contribution >= 0.6 is 22.9 Å². The lowest BCUT2D eigenvalue weighted by Crippen LogP contribution is -2.41. The van der Waals surface area contributed by atoms with Crippen LogP contribution in [0.25, 0.3) is 0 Å². The number of halogens is 1. The number of hydrogen-bond acceptors (Lipinski definition) is 6. The fourth-order valence-corrected chi connectivity index (χ4v) is 5.82. The zero-order chi connectivity index (χ0) is 21.7. The Hall–Kier alpha value is -1.94. The Kier molecular flexibility index (Phi) is 7.51. The van der Waals surface area contributed by atoms with Gasteiger partial charge in [-0.25, -0.2) is 8.42 Å². The SMILES string of the molecule is CN(Cc1ccc(Cl)s1)C(=O)COC(=O)C1CCN(S(=O)(=O)c2ccccc2)CC1. The van der Waals surface area contributed by atoms with Gasteiger partial charge in [0.2, 0.25) is 10.0 Å². The molecule has 1 amide bonds. The standard InChI is InChI=1S/C20H23ClN2O5S2/c1-22(13-16-7-8-18(21)29-16)19(24)14-28-20(25)15-9-11-23(12-10-15)30(26,27)17-5-3-2-4-6-17/h2-8,15H,9-14H2,1H3. The van der Waals surface area contributed by atoms with Gasteiger partial charge in [-0.2, -0.15) is 4.31 Å². The van der Waals surface area contributed by atoms with Gasteiger partial charge >= 0.3 is 5.97 Å². The van der Waals surface area contributed by atoms with Crippen LogP contribution in [0.1, 0.15) is 17.7 Å². The molecule has 162 valence electrons. The molecule has 1 aromatic carbocycles. The number of thiophene rings is 1. The fourth-order valence-electron chi connectivity index (χ4n) is 3.19. The topological polar surface area (TPSA) is 84.0 Å². The molecule has 0 atom stereocenters. The number of carbonyl (C=O) groups excluding carboxylic acids is 2. The van der Waals surface area contributed by atoms with Gasteiger partial charge in [0.05, 0.1) is 21.7 Å². The minimum absolute atomic E-state index is 0.240. The molecule has 0 spiro atoms. The van der Waals surface area contributed by atoms with E-state index in [2.05, 4.69) is 0 Å². The highest BCUT2D eigenvalue weighted by Crippen LogP contribution is 2.25. The summed E-state index contributed by atoms with van der Waals surface area (Å²) in [6.07, 6.45) is 0.727. The van der Waals surface area contributed by atoms with Crippen LogP contribution in [0.15, 0.2) is 47.4 Å². The number of esters is 1. The van der Waals surface area contributed by atoms with Gasteiger partial charge in [-0.3, -0.25) is 9.59 Å². The Labute approximate surface area is 185 Å². The highest BCUT2D eigenvalue weighted by Gasteiger charge is 2.33. The van der Waals surface area contributed by atoms with Crippen LogP contribution in [-0.2, 0) is 30.9 Å². The lowest BCUT2D eigenvalue weighted by molar-refractivity contribution is -0.156. The molecule has 1 aromatic heterocycles. The van der Waals surface area contributed by atoms with Gasteiger partial charge in [-0.1, -0.05) is 29.8 Å². The van der Waals surface area contributed by atoms with Gasteiger partial charge < -0.3 is 9.64 Å². The number of benzene rings is 1. The number of carbonyl (C=O) groups is 2. The summed E-state index contributed by atoms with van der Waals surface area (Å²) in [5.41, 5.74) is 0. The number of ether oxygens (including phenoxy) is 1. The van der Waals surface area contributed by atoms with Gasteiger partial charge in [0.15, 0.2) is 6.61 Å². The summed E-state index contributed by atoms with van der Waals surface area (Å²) in [4.78, 5) is 27.2. The molecular formula is C20H23ClN2O5S2. The van der Waals surface area contributed by atoms with Gasteiger partial charge in [-0.15, -0.1) is 11.3 Å². The molecule has 1 aliphatic heterocycles. The van der Waals surface area contributed by atoms with Crippen LogP contribution < -0.4 is 0 Å². The summed E-state index contributed by atoms with van der Waals surface area (Å²) in [7, 11) is -1.93. The molecule has 0 radical (unpaired) electrons. The Balaban J connectivity index is 1.45. The third-order valence-electron chi connectivity index (χ3n) is 4.95. The fraction of sp³-hybridized carbons (Fsp3) is 0.400. The van der Waals surface area contributed by atoms with Gasteiger partial charge in [0, 0.05) is 25.0 Å². The van der Waals surface area contributed by atoms with Crippen molar-refractivity contribution in [2.24, 2.45) is 5.92 Å². The average molecular weight is 471 g/mol. The summed E-state index contributed by atoms with van der Waals surface area (Å²) >= 11 is 7.28. The third-order valence-corrected chi connectivity index (χ3v) is 8.08.